The van der Waals surface area contributed by atoms with E-state index in [-0.39, 0.29) is 23.8 Å². The number of hydrogen-bond donors (Lipinski definition) is 2. The second kappa shape index (κ2) is 10.4. The summed E-state index contributed by atoms with van der Waals surface area (Å²) >= 11 is 0. The van der Waals surface area contributed by atoms with E-state index < -0.39 is 0 Å². The van der Waals surface area contributed by atoms with Crippen LogP contribution in [-0.4, -0.2) is 79.5 Å². The molecule has 8 nitrogen and oxygen atoms in total. The Balaban J connectivity index is 1.67. The minimum Gasteiger partial charge on any atom is -0.376 e. The van der Waals surface area contributed by atoms with Crippen LogP contribution in [0.4, 0.5) is 5.69 Å². The molecular weight excluding hydrogens is 372 g/mol. The molecule has 0 aromatic heterocycles. The van der Waals surface area contributed by atoms with Crippen LogP contribution in [0.5, 0.6) is 0 Å². The zero-order valence-corrected chi connectivity index (χ0v) is 17.0. The predicted octanol–water partition coefficient (Wildman–Crippen LogP) is 1.09. The molecule has 3 rings (SSSR count). The maximum absolute atomic E-state index is 13.2. The zero-order valence-electron chi connectivity index (χ0n) is 17.0. The van der Waals surface area contributed by atoms with Gasteiger partial charge in [-0.15, -0.1) is 0 Å². The molecule has 1 atom stereocenters. The first-order chi connectivity index (χ1) is 14.0. The first-order valence-corrected chi connectivity index (χ1v) is 10.3. The maximum Gasteiger partial charge on any atom is 0.254 e. The number of ether oxygens (including phenoxy) is 1. The number of rotatable bonds is 7. The van der Waals surface area contributed by atoms with Crippen LogP contribution < -0.4 is 10.6 Å². The number of carbonyl (C=O) groups is 3. The predicted molar refractivity (Wildman–Crippen MR) is 110 cm³/mol. The Hall–Kier alpha value is -2.45. The maximum atomic E-state index is 13.2. The fourth-order valence-electron chi connectivity index (χ4n) is 3.73. The summed E-state index contributed by atoms with van der Waals surface area (Å²) in [5.41, 5.74) is 1.07. The lowest BCUT2D eigenvalue weighted by Gasteiger charge is -2.30. The number of piperazine rings is 1. The number of benzene rings is 1. The highest BCUT2D eigenvalue weighted by Gasteiger charge is 2.25. The monoisotopic (exact) mass is 402 g/mol. The Morgan fingerprint density at radius 3 is 2.76 bits per heavy atom. The summed E-state index contributed by atoms with van der Waals surface area (Å²) < 4.78 is 5.71. The summed E-state index contributed by atoms with van der Waals surface area (Å²) in [5.74, 6) is -0.267. The summed E-state index contributed by atoms with van der Waals surface area (Å²) in [6.45, 7) is 5.99. The van der Waals surface area contributed by atoms with Crippen molar-refractivity contribution in [2.75, 3.05) is 51.2 Å². The summed E-state index contributed by atoms with van der Waals surface area (Å²) in [5, 5.41) is 5.94. The molecule has 2 heterocycles. The molecule has 29 heavy (non-hydrogen) atoms. The van der Waals surface area contributed by atoms with Crippen molar-refractivity contribution in [3.63, 3.8) is 0 Å². The van der Waals surface area contributed by atoms with Crippen molar-refractivity contribution in [2.45, 2.75) is 32.3 Å². The van der Waals surface area contributed by atoms with Crippen LogP contribution in [0.25, 0.3) is 0 Å². The van der Waals surface area contributed by atoms with Gasteiger partial charge >= 0.3 is 0 Å². The molecule has 3 amide bonds. The first-order valence-electron chi connectivity index (χ1n) is 10.3. The Bertz CT molecular complexity index is 727. The van der Waals surface area contributed by atoms with Crippen LogP contribution in [0.3, 0.4) is 0 Å². The van der Waals surface area contributed by atoms with Gasteiger partial charge in [-0.1, -0.05) is 6.07 Å². The second-order valence-electron chi connectivity index (χ2n) is 7.53. The Labute approximate surface area is 171 Å². The van der Waals surface area contributed by atoms with Gasteiger partial charge in [0.15, 0.2) is 0 Å². The molecule has 8 heteroatoms. The summed E-state index contributed by atoms with van der Waals surface area (Å²) in [4.78, 5) is 40.6. The van der Waals surface area contributed by atoms with E-state index in [1.165, 1.54) is 6.92 Å². The third kappa shape index (κ3) is 6.27. The standard InChI is InChI=1S/C21H30N4O4/c1-16(26)23-18-5-2-4-17(14-18)21(28)25(15-19-6-3-13-29-19)10-7-20(27)24-11-8-22-9-12-24/h2,4-5,14,19,22H,3,6-13,15H2,1H3,(H,23,26). The fourth-order valence-corrected chi connectivity index (χ4v) is 3.73. The van der Waals surface area contributed by atoms with Gasteiger partial charge < -0.3 is 25.2 Å². The molecule has 1 aromatic rings. The van der Waals surface area contributed by atoms with E-state index in [4.69, 9.17) is 4.74 Å². The van der Waals surface area contributed by atoms with Crippen LogP contribution in [0.2, 0.25) is 0 Å². The highest BCUT2D eigenvalue weighted by molar-refractivity contribution is 5.97. The first kappa shape index (κ1) is 21.3. The molecule has 2 aliphatic rings. The Morgan fingerprint density at radius 1 is 1.28 bits per heavy atom. The van der Waals surface area contributed by atoms with Crippen molar-refractivity contribution >= 4 is 23.4 Å². The largest absolute Gasteiger partial charge is 0.376 e. The lowest BCUT2D eigenvalue weighted by molar-refractivity contribution is -0.132. The van der Waals surface area contributed by atoms with Crippen LogP contribution in [0.1, 0.15) is 36.5 Å². The van der Waals surface area contributed by atoms with Crippen molar-refractivity contribution in [1.82, 2.24) is 15.1 Å². The number of carbonyl (C=O) groups excluding carboxylic acids is 3. The van der Waals surface area contributed by atoms with Gasteiger partial charge in [-0.05, 0) is 31.0 Å². The molecule has 0 bridgehead atoms. The molecule has 2 N–H and O–H groups in total. The van der Waals surface area contributed by atoms with Crippen LogP contribution >= 0.6 is 0 Å². The Kier molecular flexibility index (Phi) is 7.60. The lowest BCUT2D eigenvalue weighted by Crippen LogP contribution is -2.47. The van der Waals surface area contributed by atoms with Gasteiger partial charge in [0.25, 0.3) is 5.91 Å². The molecule has 0 radical (unpaired) electrons. The highest BCUT2D eigenvalue weighted by atomic mass is 16.5. The van der Waals surface area contributed by atoms with E-state index in [9.17, 15) is 14.4 Å². The third-order valence-electron chi connectivity index (χ3n) is 5.23. The molecule has 1 aromatic carbocycles. The molecule has 0 spiro atoms. The van der Waals surface area contributed by atoms with E-state index in [0.29, 0.717) is 50.5 Å². The van der Waals surface area contributed by atoms with Crippen molar-refractivity contribution in [1.29, 1.82) is 0 Å². The fraction of sp³-hybridized carbons (Fsp3) is 0.571. The average molecular weight is 402 g/mol. The van der Waals surface area contributed by atoms with Crippen molar-refractivity contribution in [3.8, 4) is 0 Å². The number of nitrogens with one attached hydrogen (secondary N) is 2. The third-order valence-corrected chi connectivity index (χ3v) is 5.23. The van der Waals surface area contributed by atoms with Crippen molar-refractivity contribution in [2.24, 2.45) is 0 Å². The molecule has 0 aliphatic carbocycles. The minimum atomic E-state index is -0.188. The summed E-state index contributed by atoms with van der Waals surface area (Å²) in [6.07, 6.45) is 2.21. The number of hydrogen-bond acceptors (Lipinski definition) is 5. The SMILES string of the molecule is CC(=O)Nc1cccc(C(=O)N(CCC(=O)N2CCNCC2)CC2CCCO2)c1. The van der Waals surface area contributed by atoms with E-state index in [1.54, 1.807) is 29.2 Å². The molecule has 158 valence electrons. The quantitative estimate of drug-likeness (QED) is 0.712. The van der Waals surface area contributed by atoms with Gasteiger partial charge in [0.2, 0.25) is 11.8 Å². The minimum absolute atomic E-state index is 0.00626. The smallest absolute Gasteiger partial charge is 0.254 e. The van der Waals surface area contributed by atoms with Crippen LogP contribution in [0, 0.1) is 0 Å². The van der Waals surface area contributed by atoms with Gasteiger partial charge in [-0.3, -0.25) is 14.4 Å². The van der Waals surface area contributed by atoms with Gasteiger partial charge in [-0.25, -0.2) is 0 Å². The lowest BCUT2D eigenvalue weighted by atomic mass is 10.1. The van der Waals surface area contributed by atoms with E-state index in [2.05, 4.69) is 10.6 Å². The summed E-state index contributed by atoms with van der Waals surface area (Å²) in [6, 6.07) is 6.89. The summed E-state index contributed by atoms with van der Waals surface area (Å²) in [7, 11) is 0. The Morgan fingerprint density at radius 2 is 2.07 bits per heavy atom. The molecule has 2 saturated heterocycles. The number of anilines is 1. The second-order valence-corrected chi connectivity index (χ2v) is 7.53. The number of amides is 3. The van der Waals surface area contributed by atoms with Crippen LogP contribution in [0.15, 0.2) is 24.3 Å². The van der Waals surface area contributed by atoms with Crippen molar-refractivity contribution in [3.05, 3.63) is 29.8 Å². The molecule has 1 unspecified atom stereocenters. The van der Waals surface area contributed by atoms with Gasteiger partial charge in [0, 0.05) is 70.5 Å². The van der Waals surface area contributed by atoms with Gasteiger partial charge in [0.05, 0.1) is 6.10 Å². The van der Waals surface area contributed by atoms with E-state index in [0.717, 1.165) is 25.9 Å². The number of nitrogens with zero attached hydrogens (tertiary/aromatic N) is 2. The van der Waals surface area contributed by atoms with Gasteiger partial charge in [0.1, 0.15) is 0 Å². The highest BCUT2D eigenvalue weighted by Crippen LogP contribution is 2.18. The molecular formula is C21H30N4O4. The average Bonchev–Trinajstić information content (AvgIpc) is 3.24. The molecule has 2 fully saturated rings. The van der Waals surface area contributed by atoms with E-state index >= 15 is 0 Å². The normalized spacial score (nSPS) is 19.1. The van der Waals surface area contributed by atoms with Gasteiger partial charge in [-0.2, -0.15) is 0 Å². The zero-order chi connectivity index (χ0) is 20.6. The van der Waals surface area contributed by atoms with Crippen LogP contribution in [-0.2, 0) is 14.3 Å². The van der Waals surface area contributed by atoms with E-state index in [1.807, 2.05) is 4.90 Å². The topological polar surface area (TPSA) is 91.0 Å². The van der Waals surface area contributed by atoms with Crippen molar-refractivity contribution < 1.29 is 19.1 Å². The molecule has 0 saturated carbocycles. The molecule has 2 aliphatic heterocycles.